The normalized spacial score (nSPS) is 11.3. The number of aromatic nitrogens is 1. The van der Waals surface area contributed by atoms with Gasteiger partial charge in [0.25, 0.3) is 0 Å². The monoisotopic (exact) mass is 399 g/mol. The number of nitriles is 2. The van der Waals surface area contributed by atoms with Gasteiger partial charge in [0.1, 0.15) is 6.07 Å². The molecule has 30 heavy (non-hydrogen) atoms. The molecule has 2 heterocycles. The Morgan fingerprint density at radius 3 is 2.37 bits per heavy atom. The summed E-state index contributed by atoms with van der Waals surface area (Å²) in [5, 5.41) is 23.3. The van der Waals surface area contributed by atoms with Crippen molar-refractivity contribution in [2.75, 3.05) is 0 Å². The standard InChI is InChI=1S/C26H13N3S/c27-14-16-8-10-24-21(12-16)19-5-1-2-7-23(19)29(24)18-9-11-25-22(13-18)20-6-3-4-17(15-28)26(20)30-25/h1-13H. The molecule has 0 radical (unpaired) electrons. The van der Waals surface area contributed by atoms with E-state index in [1.54, 1.807) is 11.3 Å². The molecular weight excluding hydrogens is 386 g/mol. The number of rotatable bonds is 1. The lowest BCUT2D eigenvalue weighted by atomic mass is 10.1. The van der Waals surface area contributed by atoms with Crippen molar-refractivity contribution >= 4 is 53.3 Å². The average Bonchev–Trinajstić information content (AvgIpc) is 3.33. The van der Waals surface area contributed by atoms with Crippen molar-refractivity contribution in [2.45, 2.75) is 0 Å². The van der Waals surface area contributed by atoms with Gasteiger partial charge in [-0.15, -0.1) is 11.3 Å². The molecule has 0 saturated carbocycles. The van der Waals surface area contributed by atoms with E-state index in [1.807, 2.05) is 42.5 Å². The van der Waals surface area contributed by atoms with Crippen molar-refractivity contribution in [3.8, 4) is 17.8 Å². The third-order valence-electron chi connectivity index (χ3n) is 5.66. The van der Waals surface area contributed by atoms with E-state index >= 15 is 0 Å². The topological polar surface area (TPSA) is 52.5 Å². The third kappa shape index (κ3) is 2.23. The fourth-order valence-corrected chi connectivity index (χ4v) is 5.48. The van der Waals surface area contributed by atoms with Gasteiger partial charge in [0, 0.05) is 31.9 Å². The molecule has 0 N–H and O–H groups in total. The summed E-state index contributed by atoms with van der Waals surface area (Å²) in [6.45, 7) is 0. The Hall–Kier alpha value is -4.12. The van der Waals surface area contributed by atoms with E-state index in [0.29, 0.717) is 5.56 Å². The number of benzene rings is 4. The smallest absolute Gasteiger partial charge is 0.101 e. The van der Waals surface area contributed by atoms with Gasteiger partial charge in [-0.25, -0.2) is 0 Å². The summed E-state index contributed by atoms with van der Waals surface area (Å²) < 4.78 is 4.46. The summed E-state index contributed by atoms with van der Waals surface area (Å²) in [5.41, 5.74) is 4.64. The highest BCUT2D eigenvalue weighted by atomic mass is 32.1. The molecular formula is C26H13N3S. The van der Waals surface area contributed by atoms with E-state index in [2.05, 4.69) is 53.1 Å². The molecule has 0 saturated heterocycles. The van der Waals surface area contributed by atoms with E-state index < -0.39 is 0 Å². The van der Waals surface area contributed by atoms with Crippen molar-refractivity contribution in [1.82, 2.24) is 4.57 Å². The minimum absolute atomic E-state index is 0.661. The molecule has 0 atom stereocenters. The zero-order valence-corrected chi connectivity index (χ0v) is 16.6. The van der Waals surface area contributed by atoms with Crippen LogP contribution in [0.3, 0.4) is 0 Å². The van der Waals surface area contributed by atoms with Gasteiger partial charge in [-0.05, 0) is 48.5 Å². The molecule has 0 aliphatic heterocycles. The highest BCUT2D eigenvalue weighted by Crippen LogP contribution is 2.38. The predicted molar refractivity (Wildman–Crippen MR) is 123 cm³/mol. The van der Waals surface area contributed by atoms with Crippen LogP contribution in [0.25, 0.3) is 47.7 Å². The molecule has 0 aliphatic carbocycles. The molecule has 0 spiro atoms. The molecule has 3 nitrogen and oxygen atoms in total. The lowest BCUT2D eigenvalue weighted by molar-refractivity contribution is 1.19. The minimum Gasteiger partial charge on any atom is -0.309 e. The maximum atomic E-state index is 9.47. The largest absolute Gasteiger partial charge is 0.309 e. The molecule has 138 valence electrons. The summed E-state index contributed by atoms with van der Waals surface area (Å²) in [6, 6.07) is 31.1. The number of hydrogen-bond acceptors (Lipinski definition) is 3. The molecule has 0 amide bonds. The summed E-state index contributed by atoms with van der Waals surface area (Å²) in [6.07, 6.45) is 0. The number of para-hydroxylation sites is 1. The Balaban J connectivity index is 1.72. The van der Waals surface area contributed by atoms with Crippen LogP contribution in [0.2, 0.25) is 0 Å². The number of hydrogen-bond donors (Lipinski definition) is 0. The van der Waals surface area contributed by atoms with Crippen LogP contribution in [-0.2, 0) is 0 Å². The Morgan fingerprint density at radius 2 is 1.50 bits per heavy atom. The summed E-state index contributed by atoms with van der Waals surface area (Å²) in [4.78, 5) is 0. The molecule has 6 rings (SSSR count). The predicted octanol–water partition coefficient (Wildman–Crippen LogP) is 6.89. The molecule has 2 aromatic heterocycles. The Labute approximate surface area is 176 Å². The Kier molecular flexibility index (Phi) is 3.47. The maximum Gasteiger partial charge on any atom is 0.101 e. The minimum atomic E-state index is 0.661. The van der Waals surface area contributed by atoms with Crippen LogP contribution in [0.1, 0.15) is 11.1 Å². The first-order chi connectivity index (χ1) is 14.8. The number of fused-ring (bicyclic) bond motifs is 6. The van der Waals surface area contributed by atoms with Crippen molar-refractivity contribution in [2.24, 2.45) is 0 Å². The second-order valence-corrected chi connectivity index (χ2v) is 8.33. The zero-order valence-electron chi connectivity index (χ0n) is 15.8. The van der Waals surface area contributed by atoms with Crippen LogP contribution in [0.5, 0.6) is 0 Å². The molecule has 4 aromatic carbocycles. The van der Waals surface area contributed by atoms with Crippen LogP contribution >= 0.6 is 11.3 Å². The van der Waals surface area contributed by atoms with Gasteiger partial charge < -0.3 is 4.57 Å². The highest BCUT2D eigenvalue weighted by Gasteiger charge is 2.14. The van der Waals surface area contributed by atoms with Crippen LogP contribution in [0.4, 0.5) is 0 Å². The average molecular weight is 399 g/mol. The second kappa shape index (κ2) is 6.19. The van der Waals surface area contributed by atoms with Gasteiger partial charge >= 0.3 is 0 Å². The van der Waals surface area contributed by atoms with Gasteiger partial charge in [-0.1, -0.05) is 30.3 Å². The first kappa shape index (κ1) is 16.8. The summed E-state index contributed by atoms with van der Waals surface area (Å²) >= 11 is 1.66. The SMILES string of the molecule is N#Cc1ccc2c(c1)c1ccccc1n2-c1ccc2sc3c(C#N)cccc3c2c1. The molecule has 4 heteroatoms. The fourth-order valence-electron chi connectivity index (χ4n) is 4.33. The van der Waals surface area contributed by atoms with Gasteiger partial charge in [0.15, 0.2) is 0 Å². The van der Waals surface area contributed by atoms with E-state index in [9.17, 15) is 10.5 Å². The van der Waals surface area contributed by atoms with E-state index in [0.717, 1.165) is 48.5 Å². The van der Waals surface area contributed by atoms with Gasteiger partial charge in [-0.2, -0.15) is 10.5 Å². The number of thiophene rings is 1. The van der Waals surface area contributed by atoms with Gasteiger partial charge in [0.05, 0.1) is 32.9 Å². The molecule has 0 fully saturated rings. The Bertz CT molecular complexity index is 1720. The van der Waals surface area contributed by atoms with Crippen molar-refractivity contribution in [3.63, 3.8) is 0 Å². The van der Waals surface area contributed by atoms with Crippen LogP contribution in [-0.4, -0.2) is 4.57 Å². The van der Waals surface area contributed by atoms with E-state index in [1.165, 1.54) is 4.70 Å². The van der Waals surface area contributed by atoms with Crippen LogP contribution < -0.4 is 0 Å². The second-order valence-electron chi connectivity index (χ2n) is 7.27. The molecule has 0 unspecified atom stereocenters. The van der Waals surface area contributed by atoms with E-state index in [4.69, 9.17) is 0 Å². The lowest BCUT2D eigenvalue weighted by Gasteiger charge is -2.08. The summed E-state index contributed by atoms with van der Waals surface area (Å²) in [5.74, 6) is 0. The first-order valence-corrected chi connectivity index (χ1v) is 10.4. The van der Waals surface area contributed by atoms with Gasteiger partial charge in [0.2, 0.25) is 0 Å². The molecule has 6 aromatic rings. The maximum absolute atomic E-state index is 9.47. The first-order valence-electron chi connectivity index (χ1n) is 9.57. The lowest BCUT2D eigenvalue weighted by Crippen LogP contribution is -1.93. The third-order valence-corrected chi connectivity index (χ3v) is 6.88. The molecule has 0 aliphatic rings. The van der Waals surface area contributed by atoms with Crippen molar-refractivity contribution in [3.05, 3.63) is 90.0 Å². The van der Waals surface area contributed by atoms with E-state index in [-0.39, 0.29) is 0 Å². The molecule has 0 bridgehead atoms. The quantitative estimate of drug-likeness (QED) is 0.302. The highest BCUT2D eigenvalue weighted by molar-refractivity contribution is 7.26. The summed E-state index contributed by atoms with van der Waals surface area (Å²) in [7, 11) is 0. The van der Waals surface area contributed by atoms with Crippen molar-refractivity contribution < 1.29 is 0 Å². The van der Waals surface area contributed by atoms with Crippen LogP contribution in [0, 0.1) is 22.7 Å². The number of nitrogens with zero attached hydrogens (tertiary/aromatic N) is 3. The van der Waals surface area contributed by atoms with Crippen molar-refractivity contribution in [1.29, 1.82) is 10.5 Å². The Morgan fingerprint density at radius 1 is 0.667 bits per heavy atom. The van der Waals surface area contributed by atoms with Crippen LogP contribution in [0.15, 0.2) is 78.9 Å². The zero-order chi connectivity index (χ0) is 20.2. The van der Waals surface area contributed by atoms with Gasteiger partial charge in [-0.3, -0.25) is 0 Å². The fraction of sp³-hybridized carbons (Fsp3) is 0.